The van der Waals surface area contributed by atoms with Crippen molar-refractivity contribution >= 4 is 0 Å². The number of piperidine rings is 1. The molecule has 2 atom stereocenters. The first-order chi connectivity index (χ1) is 11.2. The Balaban J connectivity index is 1.52. The number of aromatic nitrogens is 1. The molecular formula is C20H24N2O. The molecule has 1 aromatic heterocycles. The molecule has 0 aliphatic carbocycles. The summed E-state index contributed by atoms with van der Waals surface area (Å²) >= 11 is 0. The van der Waals surface area contributed by atoms with Crippen molar-refractivity contribution in [1.29, 1.82) is 0 Å². The van der Waals surface area contributed by atoms with Gasteiger partial charge in [0.25, 0.3) is 5.56 Å². The molecule has 2 aliphatic heterocycles. The number of rotatable bonds is 3. The van der Waals surface area contributed by atoms with E-state index >= 15 is 0 Å². The summed E-state index contributed by atoms with van der Waals surface area (Å²) in [6.07, 6.45) is 2.33. The largest absolute Gasteiger partial charge is 0.312 e. The minimum absolute atomic E-state index is 0.167. The normalized spacial score (nSPS) is 23.5. The first-order valence-corrected chi connectivity index (χ1v) is 8.73. The second kappa shape index (κ2) is 5.97. The lowest BCUT2D eigenvalue weighted by atomic mass is 9.83. The highest BCUT2D eigenvalue weighted by molar-refractivity contribution is 5.23. The van der Waals surface area contributed by atoms with E-state index in [0.29, 0.717) is 11.8 Å². The molecule has 0 amide bonds. The SMILES string of the molecule is CCc1ccc(CN2C[C@H]3C[C@@H](C2)c2cccc(=O)n2C3)cc1. The van der Waals surface area contributed by atoms with Crippen LogP contribution in [-0.2, 0) is 19.5 Å². The lowest BCUT2D eigenvalue weighted by Crippen LogP contribution is -2.46. The van der Waals surface area contributed by atoms with Crippen LogP contribution in [0.4, 0.5) is 0 Å². The summed E-state index contributed by atoms with van der Waals surface area (Å²) in [4.78, 5) is 14.6. The van der Waals surface area contributed by atoms with Gasteiger partial charge in [0.1, 0.15) is 0 Å². The van der Waals surface area contributed by atoms with Crippen molar-refractivity contribution in [2.45, 2.75) is 38.8 Å². The van der Waals surface area contributed by atoms with Crippen LogP contribution in [0.1, 0.15) is 36.1 Å². The van der Waals surface area contributed by atoms with Gasteiger partial charge in [0.2, 0.25) is 0 Å². The lowest BCUT2D eigenvalue weighted by Gasteiger charge is -2.42. The van der Waals surface area contributed by atoms with Crippen LogP contribution in [0.15, 0.2) is 47.3 Å². The fourth-order valence-corrected chi connectivity index (χ4v) is 4.26. The summed E-state index contributed by atoms with van der Waals surface area (Å²) < 4.78 is 2.01. The number of likely N-dealkylation sites (tertiary alicyclic amines) is 1. The second-order valence-corrected chi connectivity index (χ2v) is 7.06. The fraction of sp³-hybridized carbons (Fsp3) is 0.450. The summed E-state index contributed by atoms with van der Waals surface area (Å²) in [5.74, 6) is 1.11. The Bertz CT molecular complexity index is 747. The van der Waals surface area contributed by atoms with Gasteiger partial charge in [-0.2, -0.15) is 0 Å². The molecule has 3 heteroatoms. The number of nitrogens with zero attached hydrogens (tertiary/aromatic N) is 2. The molecule has 1 saturated heterocycles. The minimum atomic E-state index is 0.167. The summed E-state index contributed by atoms with van der Waals surface area (Å²) in [6, 6.07) is 14.8. The standard InChI is InChI=1S/C20H24N2O/c1-2-15-6-8-16(9-7-15)11-21-12-17-10-18(14-21)19-4-3-5-20(23)22(19)13-17/h3-9,17-18H,2,10-14H2,1H3/t17-,18+/m1/s1. The van der Waals surface area contributed by atoms with Crippen molar-refractivity contribution in [3.05, 3.63) is 69.6 Å². The Morgan fingerprint density at radius 1 is 1.00 bits per heavy atom. The molecule has 1 aromatic carbocycles. The molecule has 2 aromatic rings. The Kier molecular flexibility index (Phi) is 3.82. The van der Waals surface area contributed by atoms with E-state index in [1.807, 2.05) is 10.6 Å². The third kappa shape index (κ3) is 2.86. The molecule has 2 aliphatic rings. The third-order valence-corrected chi connectivity index (χ3v) is 5.39. The Morgan fingerprint density at radius 3 is 2.57 bits per heavy atom. The van der Waals surface area contributed by atoms with Gasteiger partial charge in [-0.05, 0) is 36.0 Å². The van der Waals surface area contributed by atoms with Gasteiger partial charge >= 0.3 is 0 Å². The Labute approximate surface area is 137 Å². The zero-order valence-corrected chi connectivity index (χ0v) is 13.7. The predicted octanol–water partition coefficient (Wildman–Crippen LogP) is 3.03. The maximum Gasteiger partial charge on any atom is 0.250 e. The van der Waals surface area contributed by atoms with E-state index in [2.05, 4.69) is 42.2 Å². The predicted molar refractivity (Wildman–Crippen MR) is 92.6 cm³/mol. The molecule has 120 valence electrons. The minimum Gasteiger partial charge on any atom is -0.312 e. The molecule has 23 heavy (non-hydrogen) atoms. The average molecular weight is 308 g/mol. The number of hydrogen-bond donors (Lipinski definition) is 0. The molecule has 0 radical (unpaired) electrons. The van der Waals surface area contributed by atoms with Crippen molar-refractivity contribution in [2.24, 2.45) is 5.92 Å². The quantitative estimate of drug-likeness (QED) is 0.871. The van der Waals surface area contributed by atoms with E-state index < -0.39 is 0 Å². The smallest absolute Gasteiger partial charge is 0.250 e. The molecule has 4 rings (SSSR count). The average Bonchev–Trinajstić information content (AvgIpc) is 2.57. The number of fused-ring (bicyclic) bond motifs is 4. The van der Waals surface area contributed by atoms with E-state index in [9.17, 15) is 4.79 Å². The highest BCUT2D eigenvalue weighted by atomic mass is 16.1. The van der Waals surface area contributed by atoms with Crippen molar-refractivity contribution in [3.8, 4) is 0 Å². The van der Waals surface area contributed by atoms with Gasteiger partial charge in [-0.3, -0.25) is 9.69 Å². The zero-order valence-electron chi connectivity index (χ0n) is 13.7. The molecule has 1 fully saturated rings. The van der Waals surface area contributed by atoms with Crippen LogP contribution in [0.25, 0.3) is 0 Å². The number of pyridine rings is 1. The maximum atomic E-state index is 12.1. The zero-order chi connectivity index (χ0) is 15.8. The molecule has 0 spiro atoms. The maximum absolute atomic E-state index is 12.1. The molecule has 0 unspecified atom stereocenters. The highest BCUT2D eigenvalue weighted by Crippen LogP contribution is 2.35. The van der Waals surface area contributed by atoms with Crippen LogP contribution in [0.3, 0.4) is 0 Å². The lowest BCUT2D eigenvalue weighted by molar-refractivity contribution is 0.114. The van der Waals surface area contributed by atoms with Gasteiger partial charge in [-0.1, -0.05) is 37.3 Å². The first-order valence-electron chi connectivity index (χ1n) is 8.73. The summed E-state index contributed by atoms with van der Waals surface area (Å²) in [6.45, 7) is 6.27. The Morgan fingerprint density at radius 2 is 1.78 bits per heavy atom. The van der Waals surface area contributed by atoms with Crippen LogP contribution in [0.5, 0.6) is 0 Å². The van der Waals surface area contributed by atoms with Crippen LogP contribution in [0.2, 0.25) is 0 Å². The third-order valence-electron chi connectivity index (χ3n) is 5.39. The van der Waals surface area contributed by atoms with Crippen molar-refractivity contribution in [3.63, 3.8) is 0 Å². The van der Waals surface area contributed by atoms with Crippen molar-refractivity contribution in [2.75, 3.05) is 13.1 Å². The van der Waals surface area contributed by atoms with Gasteiger partial charge < -0.3 is 4.57 Å². The molecule has 2 bridgehead atoms. The molecule has 3 heterocycles. The van der Waals surface area contributed by atoms with E-state index in [4.69, 9.17) is 0 Å². The van der Waals surface area contributed by atoms with Gasteiger partial charge in [-0.25, -0.2) is 0 Å². The molecule has 0 saturated carbocycles. The fourth-order valence-electron chi connectivity index (χ4n) is 4.26. The van der Waals surface area contributed by atoms with Crippen LogP contribution >= 0.6 is 0 Å². The van der Waals surface area contributed by atoms with Gasteiger partial charge in [-0.15, -0.1) is 0 Å². The van der Waals surface area contributed by atoms with Crippen LogP contribution in [-0.4, -0.2) is 22.6 Å². The second-order valence-electron chi connectivity index (χ2n) is 7.06. The van der Waals surface area contributed by atoms with E-state index in [-0.39, 0.29) is 5.56 Å². The van der Waals surface area contributed by atoms with E-state index in [1.165, 1.54) is 23.2 Å². The van der Waals surface area contributed by atoms with Gasteiger partial charge in [0, 0.05) is 43.9 Å². The highest BCUT2D eigenvalue weighted by Gasteiger charge is 2.34. The van der Waals surface area contributed by atoms with E-state index in [1.54, 1.807) is 6.07 Å². The topological polar surface area (TPSA) is 25.2 Å². The van der Waals surface area contributed by atoms with Gasteiger partial charge in [0.15, 0.2) is 0 Å². The molecule has 3 nitrogen and oxygen atoms in total. The molecule has 0 N–H and O–H groups in total. The Hall–Kier alpha value is -1.87. The molecular weight excluding hydrogens is 284 g/mol. The summed E-state index contributed by atoms with van der Waals surface area (Å²) in [5.41, 5.74) is 4.20. The summed E-state index contributed by atoms with van der Waals surface area (Å²) in [5, 5.41) is 0. The van der Waals surface area contributed by atoms with Gasteiger partial charge in [0.05, 0.1) is 0 Å². The number of hydrogen-bond acceptors (Lipinski definition) is 2. The van der Waals surface area contributed by atoms with E-state index in [0.717, 1.165) is 32.6 Å². The van der Waals surface area contributed by atoms with Crippen molar-refractivity contribution < 1.29 is 0 Å². The van der Waals surface area contributed by atoms with Crippen molar-refractivity contribution in [1.82, 2.24) is 9.47 Å². The number of aryl methyl sites for hydroxylation is 1. The number of benzene rings is 1. The monoisotopic (exact) mass is 308 g/mol. The first kappa shape index (κ1) is 14.7. The van der Waals surface area contributed by atoms with Crippen LogP contribution < -0.4 is 5.56 Å². The van der Waals surface area contributed by atoms with Crippen LogP contribution in [0, 0.1) is 5.92 Å². The summed E-state index contributed by atoms with van der Waals surface area (Å²) in [7, 11) is 0.